The van der Waals surface area contributed by atoms with E-state index in [2.05, 4.69) is 0 Å². The Kier molecular flexibility index (Phi) is 1.23. The highest BCUT2D eigenvalue weighted by Gasteiger charge is 2.51. The first-order chi connectivity index (χ1) is 6.61. The minimum atomic E-state index is -0.106. The molecule has 3 rings (SSSR count). The Hall–Kier alpha value is -1.38. The Morgan fingerprint density at radius 3 is 2.79 bits per heavy atom. The van der Waals surface area contributed by atoms with Gasteiger partial charge in [-0.1, -0.05) is 6.08 Å². The monoisotopic (exact) mass is 191 g/mol. The van der Waals surface area contributed by atoms with Gasteiger partial charge in [-0.3, -0.25) is 0 Å². The van der Waals surface area contributed by atoms with Crippen LogP contribution in [-0.4, -0.2) is 10.2 Å². The van der Waals surface area contributed by atoms with E-state index in [0.717, 1.165) is 18.5 Å². The molecule has 0 aliphatic heterocycles. The molecular formula is C11H13NO2. The summed E-state index contributed by atoms with van der Waals surface area (Å²) in [5.41, 5.74) is 6.71. The summed E-state index contributed by atoms with van der Waals surface area (Å²) in [6.07, 6.45) is 7.55. The van der Waals surface area contributed by atoms with Crippen molar-refractivity contribution in [1.82, 2.24) is 0 Å². The fourth-order valence-corrected chi connectivity index (χ4v) is 3.07. The molecule has 74 valence electrons. The van der Waals surface area contributed by atoms with Crippen molar-refractivity contribution in [1.29, 1.82) is 0 Å². The summed E-state index contributed by atoms with van der Waals surface area (Å²) in [5.74, 6) is 0.759. The van der Waals surface area contributed by atoms with E-state index in [4.69, 9.17) is 5.73 Å². The first-order valence-electron chi connectivity index (χ1n) is 4.92. The average Bonchev–Trinajstić information content (AvgIpc) is 2.57. The summed E-state index contributed by atoms with van der Waals surface area (Å²) in [7, 11) is 0. The maximum Gasteiger partial charge on any atom is 0.153 e. The van der Waals surface area contributed by atoms with Crippen molar-refractivity contribution in [3.8, 4) is 0 Å². The third-order valence-corrected chi connectivity index (χ3v) is 3.76. The van der Waals surface area contributed by atoms with Crippen LogP contribution in [0.3, 0.4) is 0 Å². The highest BCUT2D eigenvalue weighted by atomic mass is 16.3. The predicted molar refractivity (Wildman–Crippen MR) is 52.3 cm³/mol. The first-order valence-corrected chi connectivity index (χ1v) is 4.92. The summed E-state index contributed by atoms with van der Waals surface area (Å²) in [5, 5.41) is 18.9. The zero-order chi connectivity index (χ0) is 9.92. The Morgan fingerprint density at radius 1 is 1.29 bits per heavy atom. The van der Waals surface area contributed by atoms with Crippen LogP contribution >= 0.6 is 0 Å². The minimum Gasteiger partial charge on any atom is -0.504 e. The Labute approximate surface area is 82.2 Å². The van der Waals surface area contributed by atoms with Gasteiger partial charge in [0.15, 0.2) is 11.5 Å². The maximum absolute atomic E-state index is 9.50. The van der Waals surface area contributed by atoms with E-state index < -0.39 is 0 Å². The second kappa shape index (κ2) is 2.16. The summed E-state index contributed by atoms with van der Waals surface area (Å²) < 4.78 is 0. The lowest BCUT2D eigenvalue weighted by Gasteiger charge is -2.30. The lowest BCUT2D eigenvalue weighted by Crippen LogP contribution is -2.24. The van der Waals surface area contributed by atoms with Gasteiger partial charge in [-0.2, -0.15) is 0 Å². The van der Waals surface area contributed by atoms with Crippen LogP contribution in [0.2, 0.25) is 0 Å². The number of rotatable bonds is 0. The van der Waals surface area contributed by atoms with Gasteiger partial charge in [0.1, 0.15) is 0 Å². The zero-order valence-corrected chi connectivity index (χ0v) is 7.77. The normalized spacial score (nSPS) is 44.1. The molecule has 3 aliphatic rings. The van der Waals surface area contributed by atoms with Crippen LogP contribution in [0.15, 0.2) is 35.4 Å². The first kappa shape index (κ1) is 7.97. The number of allylic oxidation sites excluding steroid dienone is 4. The fourth-order valence-electron chi connectivity index (χ4n) is 3.07. The average molecular weight is 191 g/mol. The molecular weight excluding hydrogens is 178 g/mol. The number of hydrogen-bond acceptors (Lipinski definition) is 3. The smallest absolute Gasteiger partial charge is 0.153 e. The Bertz CT molecular complexity index is 394. The molecule has 0 saturated heterocycles. The Morgan fingerprint density at radius 2 is 2.07 bits per heavy atom. The van der Waals surface area contributed by atoms with Crippen LogP contribution in [0.25, 0.3) is 0 Å². The van der Waals surface area contributed by atoms with E-state index in [1.54, 1.807) is 12.2 Å². The van der Waals surface area contributed by atoms with E-state index in [1.807, 2.05) is 6.08 Å². The van der Waals surface area contributed by atoms with Gasteiger partial charge >= 0.3 is 0 Å². The zero-order valence-electron chi connectivity index (χ0n) is 7.77. The van der Waals surface area contributed by atoms with Crippen molar-refractivity contribution < 1.29 is 10.2 Å². The summed E-state index contributed by atoms with van der Waals surface area (Å²) in [6, 6.07) is 0. The summed E-state index contributed by atoms with van der Waals surface area (Å²) in [4.78, 5) is 0. The van der Waals surface area contributed by atoms with Crippen LogP contribution < -0.4 is 5.73 Å². The minimum absolute atomic E-state index is 0.00662. The second-order valence-electron chi connectivity index (χ2n) is 4.58. The number of aliphatic hydroxyl groups is 2. The number of aliphatic hydroxyl groups excluding tert-OH is 2. The van der Waals surface area contributed by atoms with E-state index >= 15 is 0 Å². The van der Waals surface area contributed by atoms with E-state index in [9.17, 15) is 10.2 Å². The van der Waals surface area contributed by atoms with E-state index in [1.165, 1.54) is 0 Å². The standard InChI is InChI=1S/C11H13NO2/c12-8-4-11-3-6(8)1-7(11)2-9(13)10(14)5-11/h2,4-7,13-14H,1,3,12H2. The maximum atomic E-state index is 9.50. The molecule has 0 radical (unpaired) electrons. The molecule has 0 heterocycles. The molecule has 3 unspecified atom stereocenters. The van der Waals surface area contributed by atoms with Crippen molar-refractivity contribution in [3.63, 3.8) is 0 Å². The molecule has 1 fully saturated rings. The highest BCUT2D eigenvalue weighted by molar-refractivity contribution is 5.40. The number of nitrogens with two attached hydrogens (primary N) is 1. The van der Waals surface area contributed by atoms with Crippen LogP contribution in [0, 0.1) is 17.3 Å². The molecule has 1 spiro atoms. The van der Waals surface area contributed by atoms with E-state index in [-0.39, 0.29) is 16.9 Å². The van der Waals surface area contributed by atoms with Crippen molar-refractivity contribution >= 4 is 0 Å². The van der Waals surface area contributed by atoms with Crippen LogP contribution in [0.5, 0.6) is 0 Å². The largest absolute Gasteiger partial charge is 0.504 e. The molecule has 0 aromatic heterocycles. The summed E-state index contributed by atoms with van der Waals surface area (Å²) in [6.45, 7) is 0. The van der Waals surface area contributed by atoms with Gasteiger partial charge in [0.2, 0.25) is 0 Å². The molecule has 0 aromatic rings. The molecule has 3 aliphatic carbocycles. The van der Waals surface area contributed by atoms with Gasteiger partial charge in [0.25, 0.3) is 0 Å². The molecule has 3 atom stereocenters. The molecule has 0 amide bonds. The predicted octanol–water partition coefficient (Wildman–Crippen LogP) is 1.75. The fraction of sp³-hybridized carbons (Fsp3) is 0.455. The van der Waals surface area contributed by atoms with Crippen molar-refractivity contribution in [2.24, 2.45) is 23.0 Å². The van der Waals surface area contributed by atoms with Crippen LogP contribution in [0.1, 0.15) is 12.8 Å². The lowest BCUT2D eigenvalue weighted by molar-refractivity contribution is 0.284. The van der Waals surface area contributed by atoms with Gasteiger partial charge in [-0.05, 0) is 36.8 Å². The van der Waals surface area contributed by atoms with Gasteiger partial charge in [-0.25, -0.2) is 0 Å². The molecule has 3 heteroatoms. The topological polar surface area (TPSA) is 66.5 Å². The quantitative estimate of drug-likeness (QED) is 0.546. The second-order valence-corrected chi connectivity index (χ2v) is 4.58. The SMILES string of the molecule is NC1=CC23C=C(O)C(O)=CC2CC1C3. The number of fused-ring (bicyclic) bond motifs is 1. The molecule has 1 saturated carbocycles. The molecule has 0 aromatic carbocycles. The lowest BCUT2D eigenvalue weighted by atomic mass is 9.74. The van der Waals surface area contributed by atoms with Crippen molar-refractivity contribution in [2.45, 2.75) is 12.8 Å². The van der Waals surface area contributed by atoms with Gasteiger partial charge in [0.05, 0.1) is 0 Å². The molecule has 2 bridgehead atoms. The van der Waals surface area contributed by atoms with Gasteiger partial charge in [0, 0.05) is 11.1 Å². The van der Waals surface area contributed by atoms with Gasteiger partial charge in [-0.15, -0.1) is 0 Å². The van der Waals surface area contributed by atoms with E-state index in [0.29, 0.717) is 11.8 Å². The van der Waals surface area contributed by atoms with Crippen LogP contribution in [0.4, 0.5) is 0 Å². The third-order valence-electron chi connectivity index (χ3n) is 3.76. The highest BCUT2D eigenvalue weighted by Crippen LogP contribution is 2.58. The molecule has 3 nitrogen and oxygen atoms in total. The van der Waals surface area contributed by atoms with Crippen molar-refractivity contribution in [3.05, 3.63) is 35.4 Å². The third kappa shape index (κ3) is 0.775. The molecule has 4 N–H and O–H groups in total. The molecule has 14 heavy (non-hydrogen) atoms. The summed E-state index contributed by atoms with van der Waals surface area (Å²) >= 11 is 0. The number of hydrogen-bond donors (Lipinski definition) is 3. The Balaban J connectivity index is 2.11. The van der Waals surface area contributed by atoms with Gasteiger partial charge < -0.3 is 15.9 Å². The van der Waals surface area contributed by atoms with Crippen molar-refractivity contribution in [2.75, 3.05) is 0 Å². The van der Waals surface area contributed by atoms with Crippen LogP contribution in [-0.2, 0) is 0 Å².